The van der Waals surface area contributed by atoms with Gasteiger partial charge in [-0.1, -0.05) is 23.2 Å². The average molecular weight is 451 g/mol. The van der Waals surface area contributed by atoms with Gasteiger partial charge in [0.2, 0.25) is 0 Å². The van der Waals surface area contributed by atoms with Crippen LogP contribution in [0.25, 0.3) is 11.2 Å². The lowest BCUT2D eigenvalue weighted by molar-refractivity contribution is 0.0622. The topological polar surface area (TPSA) is 99.2 Å². The van der Waals surface area contributed by atoms with Gasteiger partial charge in [-0.05, 0) is 19.9 Å². The molecule has 2 unspecified atom stereocenters. The van der Waals surface area contributed by atoms with Crippen LogP contribution in [0.15, 0.2) is 18.7 Å². The Balaban J connectivity index is 1.66. The van der Waals surface area contributed by atoms with Crippen molar-refractivity contribution in [2.24, 2.45) is 0 Å². The van der Waals surface area contributed by atoms with Crippen LogP contribution in [-0.2, 0) is 0 Å². The number of likely N-dealkylation sites (tertiary alicyclic amines) is 1. The number of imidazole rings is 1. The molecule has 160 valence electrons. The van der Waals surface area contributed by atoms with Gasteiger partial charge in [-0.3, -0.25) is 4.90 Å². The lowest BCUT2D eigenvalue weighted by atomic mass is 9.87. The first-order valence-electron chi connectivity index (χ1n) is 9.75. The Morgan fingerprint density at radius 3 is 2.77 bits per heavy atom. The van der Waals surface area contributed by atoms with E-state index in [1.54, 1.807) is 13.4 Å². The van der Waals surface area contributed by atoms with Gasteiger partial charge in [0.1, 0.15) is 17.6 Å². The number of hydrogen-bond acceptors (Lipinski definition) is 7. The number of aromatic amines is 1. The second kappa shape index (κ2) is 8.55. The van der Waals surface area contributed by atoms with Crippen molar-refractivity contribution < 1.29 is 9.84 Å². The second-order valence-corrected chi connectivity index (χ2v) is 8.37. The molecular weight excluding hydrogens is 427 g/mol. The molecule has 3 heterocycles. The maximum absolute atomic E-state index is 9.40. The Kier molecular flexibility index (Phi) is 6.02. The van der Waals surface area contributed by atoms with Crippen LogP contribution in [0.1, 0.15) is 36.9 Å². The zero-order valence-corrected chi connectivity index (χ0v) is 18.5. The van der Waals surface area contributed by atoms with Crippen LogP contribution in [0, 0.1) is 0 Å². The molecule has 0 spiro atoms. The monoisotopic (exact) mass is 450 g/mol. The highest BCUT2D eigenvalue weighted by molar-refractivity contribution is 6.42. The molecule has 0 amide bonds. The predicted octanol–water partition coefficient (Wildman–Crippen LogP) is 3.62. The lowest BCUT2D eigenvalue weighted by Crippen LogP contribution is -2.51. The Morgan fingerprint density at radius 2 is 2.07 bits per heavy atom. The molecule has 1 aliphatic heterocycles. The van der Waals surface area contributed by atoms with Crippen molar-refractivity contribution in [2.75, 3.05) is 32.1 Å². The minimum atomic E-state index is -0.164. The van der Waals surface area contributed by atoms with Crippen molar-refractivity contribution in [2.45, 2.75) is 31.8 Å². The summed E-state index contributed by atoms with van der Waals surface area (Å²) in [5, 5.41) is 13.8. The lowest BCUT2D eigenvalue weighted by Gasteiger charge is -2.43. The second-order valence-electron chi connectivity index (χ2n) is 7.58. The number of H-pyrrole nitrogens is 1. The largest absolute Gasteiger partial charge is 0.496 e. The van der Waals surface area contributed by atoms with Gasteiger partial charge in [0.15, 0.2) is 11.5 Å². The Bertz CT molecular complexity index is 1050. The molecule has 1 aromatic carbocycles. The summed E-state index contributed by atoms with van der Waals surface area (Å²) in [6.45, 7) is 5.72. The van der Waals surface area contributed by atoms with E-state index >= 15 is 0 Å². The molecule has 0 radical (unpaired) electrons. The van der Waals surface area contributed by atoms with Crippen LogP contribution in [0.2, 0.25) is 10.0 Å². The average Bonchev–Trinajstić information content (AvgIpc) is 3.19. The molecule has 1 saturated heterocycles. The molecule has 3 N–H and O–H groups in total. The first-order chi connectivity index (χ1) is 14.4. The molecule has 0 aliphatic carbocycles. The SMILES string of the molecule is COc1c(C(C)Nc2ncnc3nc[nH]c23)cc(Cl)c(Cl)c1C1CN(C(C)CO)C1. The first kappa shape index (κ1) is 21.1. The summed E-state index contributed by atoms with van der Waals surface area (Å²) in [5.41, 5.74) is 3.12. The van der Waals surface area contributed by atoms with Crippen LogP contribution in [0.4, 0.5) is 5.82 Å². The van der Waals surface area contributed by atoms with Crippen molar-refractivity contribution in [1.82, 2.24) is 24.8 Å². The van der Waals surface area contributed by atoms with E-state index in [1.807, 2.05) is 19.9 Å². The summed E-state index contributed by atoms with van der Waals surface area (Å²) in [4.78, 5) is 17.9. The summed E-state index contributed by atoms with van der Waals surface area (Å²) >= 11 is 13.1. The molecule has 8 nitrogen and oxygen atoms in total. The van der Waals surface area contributed by atoms with Crippen LogP contribution in [-0.4, -0.2) is 62.8 Å². The molecule has 4 rings (SSSR count). The summed E-state index contributed by atoms with van der Waals surface area (Å²) in [6.07, 6.45) is 3.06. The van der Waals surface area contributed by atoms with Crippen molar-refractivity contribution in [3.05, 3.63) is 39.9 Å². The Labute approximate surface area is 184 Å². The third-order valence-electron chi connectivity index (χ3n) is 5.69. The van der Waals surface area contributed by atoms with Crippen molar-refractivity contribution in [1.29, 1.82) is 0 Å². The normalized spacial score (nSPS) is 17.0. The molecule has 3 aromatic rings. The van der Waals surface area contributed by atoms with Gasteiger partial charge >= 0.3 is 0 Å². The minimum absolute atomic E-state index is 0.111. The number of fused-ring (bicyclic) bond motifs is 1. The van der Waals surface area contributed by atoms with Crippen molar-refractivity contribution in [3.63, 3.8) is 0 Å². The molecule has 1 aliphatic rings. The number of nitrogens with one attached hydrogen (secondary N) is 2. The summed E-state index contributed by atoms with van der Waals surface area (Å²) in [5.74, 6) is 1.55. The van der Waals surface area contributed by atoms with Gasteiger partial charge in [-0.15, -0.1) is 0 Å². The van der Waals surface area contributed by atoms with Crippen LogP contribution >= 0.6 is 23.2 Å². The van der Waals surface area contributed by atoms with E-state index in [0.29, 0.717) is 21.5 Å². The van der Waals surface area contributed by atoms with E-state index in [1.165, 1.54) is 6.33 Å². The van der Waals surface area contributed by atoms with Gasteiger partial charge in [0.05, 0.1) is 36.1 Å². The smallest absolute Gasteiger partial charge is 0.182 e. The number of aromatic nitrogens is 4. The number of nitrogens with zero attached hydrogens (tertiary/aromatic N) is 4. The number of hydrogen-bond donors (Lipinski definition) is 3. The number of aliphatic hydroxyl groups excluding tert-OH is 1. The predicted molar refractivity (Wildman–Crippen MR) is 118 cm³/mol. The first-order valence-corrected chi connectivity index (χ1v) is 10.5. The van der Waals surface area contributed by atoms with Gasteiger partial charge in [-0.2, -0.15) is 0 Å². The van der Waals surface area contributed by atoms with E-state index < -0.39 is 0 Å². The fourth-order valence-electron chi connectivity index (χ4n) is 3.89. The number of ether oxygens (including phenoxy) is 1. The molecule has 30 heavy (non-hydrogen) atoms. The highest BCUT2D eigenvalue weighted by Gasteiger charge is 2.36. The zero-order valence-electron chi connectivity index (χ0n) is 17.0. The molecule has 10 heteroatoms. The Morgan fingerprint density at radius 1 is 1.30 bits per heavy atom. The number of aliphatic hydroxyl groups is 1. The maximum atomic E-state index is 9.40. The highest BCUT2D eigenvalue weighted by Crippen LogP contribution is 2.46. The van der Waals surface area contributed by atoms with Gasteiger partial charge < -0.3 is 20.1 Å². The van der Waals surface area contributed by atoms with Gasteiger partial charge in [0, 0.05) is 36.2 Å². The summed E-state index contributed by atoms with van der Waals surface area (Å²) in [7, 11) is 1.64. The van der Waals surface area contributed by atoms with E-state index in [4.69, 9.17) is 27.9 Å². The van der Waals surface area contributed by atoms with Crippen LogP contribution in [0.3, 0.4) is 0 Å². The van der Waals surface area contributed by atoms with E-state index in [0.717, 1.165) is 35.5 Å². The minimum Gasteiger partial charge on any atom is -0.496 e. The van der Waals surface area contributed by atoms with Crippen molar-refractivity contribution >= 4 is 40.2 Å². The third-order valence-corrected chi connectivity index (χ3v) is 6.49. The molecule has 0 bridgehead atoms. The number of benzene rings is 1. The quantitative estimate of drug-likeness (QED) is 0.505. The summed E-state index contributed by atoms with van der Waals surface area (Å²) in [6, 6.07) is 1.78. The third kappa shape index (κ3) is 3.69. The fourth-order valence-corrected chi connectivity index (χ4v) is 4.41. The molecule has 1 fully saturated rings. The van der Waals surface area contributed by atoms with Crippen LogP contribution in [0.5, 0.6) is 5.75 Å². The van der Waals surface area contributed by atoms with E-state index in [-0.39, 0.29) is 24.6 Å². The summed E-state index contributed by atoms with van der Waals surface area (Å²) < 4.78 is 5.82. The number of anilines is 1. The van der Waals surface area contributed by atoms with Gasteiger partial charge in [0.25, 0.3) is 0 Å². The fraction of sp³-hybridized carbons (Fsp3) is 0.450. The standard InChI is InChI=1S/C20H24Cl2N6O2/c1-10(7-29)28-5-12(6-28)15-16(22)14(21)4-13(18(15)30-3)11(2)27-20-17-19(24-8-23-17)25-9-26-20/h4,8-12,29H,5-7H2,1-3H3,(H2,23,24,25,26,27). The Hall–Kier alpha value is -2.13. The molecular formula is C20H24Cl2N6O2. The van der Waals surface area contributed by atoms with Crippen LogP contribution < -0.4 is 10.1 Å². The number of rotatable bonds is 7. The van der Waals surface area contributed by atoms with E-state index in [9.17, 15) is 5.11 Å². The van der Waals surface area contributed by atoms with Gasteiger partial charge in [-0.25, -0.2) is 15.0 Å². The number of methoxy groups -OCH3 is 1. The number of halogens is 2. The molecule has 0 saturated carbocycles. The maximum Gasteiger partial charge on any atom is 0.182 e. The molecule has 2 atom stereocenters. The zero-order chi connectivity index (χ0) is 21.4. The molecule has 2 aromatic heterocycles. The van der Waals surface area contributed by atoms with Crippen molar-refractivity contribution in [3.8, 4) is 5.75 Å². The highest BCUT2D eigenvalue weighted by atomic mass is 35.5. The van der Waals surface area contributed by atoms with E-state index in [2.05, 4.69) is 30.2 Å².